The minimum Gasteiger partial charge on any atom is -0.374 e. The van der Waals surface area contributed by atoms with Gasteiger partial charge >= 0.3 is 6.18 Å². The average Bonchev–Trinajstić information content (AvgIpc) is 2.91. The van der Waals surface area contributed by atoms with Gasteiger partial charge in [-0.2, -0.15) is 17.6 Å². The second-order valence-corrected chi connectivity index (χ2v) is 9.12. The van der Waals surface area contributed by atoms with Crippen molar-refractivity contribution in [2.45, 2.75) is 66.0 Å². The standard InChI is InChI=1S/C34H45F4N3/c1-10-16-19-26(7)20-18-21-30(32(14-5)41(9)22-17-11-2)31(13-4)40-25-28(24-29(12-3)34(36,37)38)27(8)23-33(35)39-15-6/h12,14-16,19-20,23-25,40H,3-5,8,10-11,17-18,21-22H2,1-2,6-7,9H3/b19-16-,26-20-,28-25-,29-24+,32-30-,33-23-,39-15-. The highest BCUT2D eigenvalue weighted by molar-refractivity contribution is 5.56. The highest BCUT2D eigenvalue weighted by Gasteiger charge is 2.31. The van der Waals surface area contributed by atoms with E-state index in [9.17, 15) is 17.6 Å². The molecule has 0 aromatic carbocycles. The van der Waals surface area contributed by atoms with Crippen molar-refractivity contribution in [3.05, 3.63) is 126 Å². The molecule has 0 amide bonds. The number of hydrogen-bond donors (Lipinski definition) is 1. The minimum atomic E-state index is -4.67. The van der Waals surface area contributed by atoms with E-state index >= 15 is 0 Å². The smallest absolute Gasteiger partial charge is 0.374 e. The topological polar surface area (TPSA) is 27.6 Å². The third-order valence-electron chi connectivity index (χ3n) is 5.86. The van der Waals surface area contributed by atoms with Crippen LogP contribution in [0.25, 0.3) is 0 Å². The lowest BCUT2D eigenvalue weighted by atomic mass is 10.0. The van der Waals surface area contributed by atoms with E-state index in [2.05, 4.69) is 79.3 Å². The summed E-state index contributed by atoms with van der Waals surface area (Å²) in [4.78, 5) is 5.60. The number of hydrogen-bond acceptors (Lipinski definition) is 3. The van der Waals surface area contributed by atoms with Gasteiger partial charge in [-0.3, -0.25) is 0 Å². The third kappa shape index (κ3) is 14.4. The summed E-state index contributed by atoms with van der Waals surface area (Å²) in [7, 11) is 1.96. The molecule has 0 unspecified atom stereocenters. The van der Waals surface area contributed by atoms with Crippen LogP contribution in [0.4, 0.5) is 17.6 Å². The second kappa shape index (κ2) is 20.1. The highest BCUT2D eigenvalue weighted by atomic mass is 19.4. The van der Waals surface area contributed by atoms with E-state index in [4.69, 9.17) is 0 Å². The van der Waals surface area contributed by atoms with Gasteiger partial charge in [0.2, 0.25) is 5.95 Å². The maximum absolute atomic E-state index is 14.1. The van der Waals surface area contributed by atoms with Crippen LogP contribution in [0.3, 0.4) is 0 Å². The summed E-state index contributed by atoms with van der Waals surface area (Å²) in [5.74, 6) is -0.894. The van der Waals surface area contributed by atoms with Crippen LogP contribution in [0.15, 0.2) is 131 Å². The molecule has 0 spiro atoms. The second-order valence-electron chi connectivity index (χ2n) is 9.12. The molecule has 0 rings (SSSR count). The van der Waals surface area contributed by atoms with Gasteiger partial charge in [0, 0.05) is 43.4 Å². The molecule has 224 valence electrons. The monoisotopic (exact) mass is 571 g/mol. The SMILES string of the molecule is C=C=C(N/C=C(/C=C(\C=C)C(F)(F)F)C(=C)/C=C(F)\N=C/C)/C(CC/C=C(C)\C=C/CC)=C(/C=C)N(C)CCCC. The molecule has 0 saturated heterocycles. The third-order valence-corrected chi connectivity index (χ3v) is 5.86. The summed E-state index contributed by atoms with van der Waals surface area (Å²) in [6, 6.07) is 0. The zero-order valence-electron chi connectivity index (χ0n) is 25.2. The van der Waals surface area contributed by atoms with Crippen LogP contribution in [0, 0.1) is 0 Å². The number of halogens is 4. The Labute approximate surface area is 244 Å². The number of aliphatic imine (C=N–C) groups is 1. The van der Waals surface area contributed by atoms with E-state index in [1.807, 2.05) is 14.0 Å². The van der Waals surface area contributed by atoms with Crippen molar-refractivity contribution in [1.82, 2.24) is 10.2 Å². The number of unbranched alkanes of at least 4 members (excludes halogenated alkanes) is 1. The van der Waals surface area contributed by atoms with E-state index in [0.29, 0.717) is 24.6 Å². The van der Waals surface area contributed by atoms with Crippen molar-refractivity contribution < 1.29 is 17.6 Å². The van der Waals surface area contributed by atoms with Gasteiger partial charge in [-0.15, -0.1) is 5.73 Å². The Kier molecular flexibility index (Phi) is 18.2. The van der Waals surface area contributed by atoms with Crippen LogP contribution in [0.2, 0.25) is 0 Å². The molecule has 1 N–H and O–H groups in total. The minimum absolute atomic E-state index is 0.0225. The van der Waals surface area contributed by atoms with E-state index in [0.717, 1.165) is 54.8 Å². The maximum atomic E-state index is 14.1. The quantitative estimate of drug-likeness (QED) is 0.0583. The van der Waals surface area contributed by atoms with Crippen molar-refractivity contribution in [2.24, 2.45) is 4.99 Å². The van der Waals surface area contributed by atoms with Crippen LogP contribution in [0.5, 0.6) is 0 Å². The molecule has 0 aromatic heterocycles. The molecule has 41 heavy (non-hydrogen) atoms. The molecule has 0 aromatic rings. The molecule has 0 aliphatic carbocycles. The Morgan fingerprint density at radius 2 is 1.80 bits per heavy atom. The molecule has 0 aliphatic heterocycles. The Morgan fingerprint density at radius 1 is 1.12 bits per heavy atom. The summed E-state index contributed by atoms with van der Waals surface area (Å²) in [5.41, 5.74) is 5.10. The van der Waals surface area contributed by atoms with Crippen molar-refractivity contribution in [3.8, 4) is 0 Å². The zero-order valence-corrected chi connectivity index (χ0v) is 25.2. The fourth-order valence-electron chi connectivity index (χ4n) is 3.66. The molecule has 0 aliphatic rings. The summed E-state index contributed by atoms with van der Waals surface area (Å²) in [6.45, 7) is 23.4. The molecular weight excluding hydrogens is 526 g/mol. The maximum Gasteiger partial charge on any atom is 0.416 e. The van der Waals surface area contributed by atoms with Crippen molar-refractivity contribution in [1.29, 1.82) is 0 Å². The Bertz CT molecular complexity index is 1160. The summed E-state index contributed by atoms with van der Waals surface area (Å²) < 4.78 is 54.8. The largest absolute Gasteiger partial charge is 0.416 e. The van der Waals surface area contributed by atoms with Gasteiger partial charge in [0.05, 0.1) is 11.3 Å². The lowest BCUT2D eigenvalue weighted by molar-refractivity contribution is -0.0881. The van der Waals surface area contributed by atoms with E-state index in [1.165, 1.54) is 19.3 Å². The van der Waals surface area contributed by atoms with Crippen LogP contribution in [-0.2, 0) is 0 Å². The van der Waals surface area contributed by atoms with Gasteiger partial charge in [-0.25, -0.2) is 4.99 Å². The highest BCUT2D eigenvalue weighted by Crippen LogP contribution is 2.29. The number of nitrogens with one attached hydrogen (secondary N) is 1. The summed E-state index contributed by atoms with van der Waals surface area (Å²) in [5, 5.41) is 3.05. The molecule has 0 atom stereocenters. The molecule has 0 radical (unpaired) electrons. The van der Waals surface area contributed by atoms with Crippen molar-refractivity contribution >= 4 is 6.21 Å². The first-order valence-corrected chi connectivity index (χ1v) is 13.6. The van der Waals surface area contributed by atoms with Gasteiger partial charge in [0.1, 0.15) is 0 Å². The molecule has 0 bridgehead atoms. The van der Waals surface area contributed by atoms with Gasteiger partial charge in [-0.05, 0) is 62.8 Å². The normalized spacial score (nSPS) is 14.2. The van der Waals surface area contributed by atoms with Crippen LogP contribution in [0.1, 0.15) is 59.8 Å². The van der Waals surface area contributed by atoms with Gasteiger partial charge in [0.25, 0.3) is 0 Å². The Balaban J connectivity index is 6.88. The van der Waals surface area contributed by atoms with E-state index in [-0.39, 0.29) is 11.1 Å². The zero-order chi connectivity index (χ0) is 31.4. The van der Waals surface area contributed by atoms with E-state index in [1.54, 1.807) is 6.08 Å². The summed E-state index contributed by atoms with van der Waals surface area (Å²) in [6.07, 6.45) is 12.6. The molecular formula is C34H45F4N3. The predicted octanol–water partition coefficient (Wildman–Crippen LogP) is 10.1. The Morgan fingerprint density at radius 3 is 2.32 bits per heavy atom. The van der Waals surface area contributed by atoms with Gasteiger partial charge < -0.3 is 10.2 Å². The first-order valence-electron chi connectivity index (χ1n) is 13.6. The number of alkyl halides is 3. The predicted molar refractivity (Wildman–Crippen MR) is 168 cm³/mol. The van der Waals surface area contributed by atoms with Crippen LogP contribution >= 0.6 is 0 Å². The number of rotatable bonds is 18. The number of likely N-dealkylation sites (N-methyl/N-ethyl adjacent to an activating group) is 1. The van der Waals surface area contributed by atoms with E-state index < -0.39 is 17.7 Å². The van der Waals surface area contributed by atoms with Gasteiger partial charge in [-0.1, -0.05) is 76.5 Å². The molecule has 0 heterocycles. The lowest BCUT2D eigenvalue weighted by Gasteiger charge is -2.25. The Hall–Kier alpha value is -3.83. The van der Waals surface area contributed by atoms with Crippen LogP contribution < -0.4 is 5.32 Å². The number of allylic oxidation sites excluding steroid dienone is 12. The van der Waals surface area contributed by atoms with Crippen molar-refractivity contribution in [2.75, 3.05) is 13.6 Å². The fourth-order valence-corrected chi connectivity index (χ4v) is 3.66. The first kappa shape index (κ1) is 37.2. The molecule has 0 saturated carbocycles. The molecule has 0 fully saturated rings. The van der Waals surface area contributed by atoms with Crippen molar-refractivity contribution in [3.63, 3.8) is 0 Å². The molecule has 7 heteroatoms. The fraction of sp³-hybridized carbons (Fsp3) is 0.353. The first-order chi connectivity index (χ1) is 19.4. The average molecular weight is 572 g/mol. The van der Waals surface area contributed by atoms with Crippen LogP contribution in [-0.4, -0.2) is 30.9 Å². The lowest BCUT2D eigenvalue weighted by Crippen LogP contribution is -2.22. The van der Waals surface area contributed by atoms with Gasteiger partial charge in [0.15, 0.2) is 0 Å². The summed E-state index contributed by atoms with van der Waals surface area (Å²) >= 11 is 0. The number of nitrogens with zero attached hydrogens (tertiary/aromatic N) is 2. The molecule has 3 nitrogen and oxygen atoms in total.